The molecule has 0 aromatic heterocycles. The lowest BCUT2D eigenvalue weighted by atomic mass is 9.70. The number of aliphatic carboxylic acids is 1. The first-order valence-corrected chi connectivity index (χ1v) is 7.31. The molecule has 104 valence electrons. The maximum atomic E-state index is 11.1. The molecule has 0 aromatic carbocycles. The highest BCUT2D eigenvalue weighted by Crippen LogP contribution is 2.41. The minimum atomic E-state index is -0.674. The average Bonchev–Trinajstić information content (AvgIpc) is 2.96. The molecule has 0 aromatic rings. The molecular formula is C15H27NO2. The highest BCUT2D eigenvalue weighted by Gasteiger charge is 2.37. The Morgan fingerprint density at radius 1 is 1.33 bits per heavy atom. The van der Waals surface area contributed by atoms with Gasteiger partial charge in [-0.3, -0.25) is 9.69 Å². The van der Waals surface area contributed by atoms with Crippen LogP contribution in [0.5, 0.6) is 0 Å². The van der Waals surface area contributed by atoms with Crippen LogP contribution in [0.1, 0.15) is 52.9 Å². The smallest absolute Gasteiger partial charge is 0.317 e. The Labute approximate surface area is 111 Å². The third kappa shape index (κ3) is 3.98. The van der Waals surface area contributed by atoms with Gasteiger partial charge in [0.25, 0.3) is 0 Å². The number of hydrogen-bond acceptors (Lipinski definition) is 2. The standard InChI is InChI=1S/C15H27NO2/c1-11-6-13(8-15(2,3)7-11)16(10-14(17)18)9-12-4-5-12/h11-13H,4-10H2,1-3H3,(H,17,18). The average molecular weight is 253 g/mol. The Morgan fingerprint density at radius 3 is 2.50 bits per heavy atom. The largest absolute Gasteiger partial charge is 0.480 e. The molecule has 18 heavy (non-hydrogen) atoms. The van der Waals surface area contributed by atoms with Gasteiger partial charge in [-0.25, -0.2) is 0 Å². The normalized spacial score (nSPS) is 31.6. The molecule has 2 unspecified atom stereocenters. The van der Waals surface area contributed by atoms with E-state index < -0.39 is 5.97 Å². The van der Waals surface area contributed by atoms with Crippen molar-refractivity contribution in [2.24, 2.45) is 17.3 Å². The Hall–Kier alpha value is -0.570. The third-order valence-electron chi connectivity index (χ3n) is 4.41. The first-order valence-electron chi connectivity index (χ1n) is 7.31. The first kappa shape index (κ1) is 13.9. The van der Waals surface area contributed by atoms with Crippen molar-refractivity contribution in [1.29, 1.82) is 0 Å². The Bertz CT molecular complexity index is 310. The van der Waals surface area contributed by atoms with Crippen LogP contribution in [0.3, 0.4) is 0 Å². The molecule has 0 spiro atoms. The topological polar surface area (TPSA) is 40.5 Å². The molecule has 2 rings (SSSR count). The van der Waals surface area contributed by atoms with Crippen molar-refractivity contribution >= 4 is 5.97 Å². The summed E-state index contributed by atoms with van der Waals surface area (Å²) < 4.78 is 0. The van der Waals surface area contributed by atoms with Gasteiger partial charge < -0.3 is 5.11 Å². The van der Waals surface area contributed by atoms with E-state index in [0.717, 1.165) is 18.9 Å². The van der Waals surface area contributed by atoms with E-state index in [2.05, 4.69) is 25.7 Å². The van der Waals surface area contributed by atoms with Crippen LogP contribution in [0.25, 0.3) is 0 Å². The highest BCUT2D eigenvalue weighted by molar-refractivity contribution is 5.69. The number of carboxylic acid groups (broad SMARTS) is 1. The van der Waals surface area contributed by atoms with Crippen molar-refractivity contribution in [1.82, 2.24) is 4.90 Å². The van der Waals surface area contributed by atoms with E-state index in [9.17, 15) is 4.79 Å². The van der Waals surface area contributed by atoms with Gasteiger partial charge >= 0.3 is 5.97 Å². The van der Waals surface area contributed by atoms with Crippen molar-refractivity contribution in [3.8, 4) is 0 Å². The van der Waals surface area contributed by atoms with E-state index in [4.69, 9.17) is 5.11 Å². The van der Waals surface area contributed by atoms with Gasteiger partial charge in [0, 0.05) is 12.6 Å². The minimum absolute atomic E-state index is 0.226. The summed E-state index contributed by atoms with van der Waals surface area (Å²) >= 11 is 0. The quantitative estimate of drug-likeness (QED) is 0.819. The summed E-state index contributed by atoms with van der Waals surface area (Å²) in [6, 6.07) is 0.473. The molecule has 2 aliphatic carbocycles. The minimum Gasteiger partial charge on any atom is -0.480 e. The van der Waals surface area contributed by atoms with E-state index in [-0.39, 0.29) is 6.54 Å². The monoisotopic (exact) mass is 253 g/mol. The van der Waals surface area contributed by atoms with Crippen LogP contribution in [0.4, 0.5) is 0 Å². The summed E-state index contributed by atoms with van der Waals surface area (Å²) in [4.78, 5) is 13.3. The lowest BCUT2D eigenvalue weighted by molar-refractivity contribution is -0.139. The van der Waals surface area contributed by atoms with Gasteiger partial charge in [-0.1, -0.05) is 20.8 Å². The summed E-state index contributed by atoms with van der Waals surface area (Å²) in [5, 5.41) is 9.10. The molecule has 3 nitrogen and oxygen atoms in total. The lowest BCUT2D eigenvalue weighted by Gasteiger charge is -2.43. The number of rotatable bonds is 5. The maximum Gasteiger partial charge on any atom is 0.317 e. The number of nitrogens with zero attached hydrogens (tertiary/aromatic N) is 1. The molecule has 0 bridgehead atoms. The molecule has 0 heterocycles. The van der Waals surface area contributed by atoms with Crippen molar-refractivity contribution in [3.63, 3.8) is 0 Å². The summed E-state index contributed by atoms with van der Waals surface area (Å²) in [7, 11) is 0. The number of carbonyl (C=O) groups is 1. The highest BCUT2D eigenvalue weighted by atomic mass is 16.4. The summed E-state index contributed by atoms with van der Waals surface area (Å²) in [5.74, 6) is 0.811. The zero-order valence-electron chi connectivity index (χ0n) is 12.0. The van der Waals surface area contributed by atoms with Crippen molar-refractivity contribution < 1.29 is 9.90 Å². The second kappa shape index (κ2) is 5.20. The van der Waals surface area contributed by atoms with Crippen molar-refractivity contribution in [2.75, 3.05) is 13.1 Å². The first-order chi connectivity index (χ1) is 8.35. The van der Waals surface area contributed by atoms with Gasteiger partial charge in [-0.2, -0.15) is 0 Å². The van der Waals surface area contributed by atoms with E-state index in [0.29, 0.717) is 17.4 Å². The molecule has 0 aliphatic heterocycles. The Kier molecular flexibility index (Phi) is 4.00. The van der Waals surface area contributed by atoms with Crippen LogP contribution in [0.15, 0.2) is 0 Å². The van der Waals surface area contributed by atoms with E-state index in [1.54, 1.807) is 0 Å². The van der Waals surface area contributed by atoms with Crippen LogP contribution in [0.2, 0.25) is 0 Å². The molecule has 0 saturated heterocycles. The fourth-order valence-corrected chi connectivity index (χ4v) is 3.72. The maximum absolute atomic E-state index is 11.1. The second-order valence-corrected chi connectivity index (χ2v) is 7.33. The molecule has 3 heteroatoms. The predicted octanol–water partition coefficient (Wildman–Crippen LogP) is 3.00. The van der Waals surface area contributed by atoms with Crippen molar-refractivity contribution in [2.45, 2.75) is 58.9 Å². The molecule has 2 aliphatic rings. The molecular weight excluding hydrogens is 226 g/mol. The van der Waals surface area contributed by atoms with Crippen LogP contribution >= 0.6 is 0 Å². The zero-order chi connectivity index (χ0) is 13.3. The predicted molar refractivity (Wildman–Crippen MR) is 72.5 cm³/mol. The molecule has 2 saturated carbocycles. The van der Waals surface area contributed by atoms with Gasteiger partial charge in [0.05, 0.1) is 6.54 Å². The third-order valence-corrected chi connectivity index (χ3v) is 4.41. The van der Waals surface area contributed by atoms with Crippen LogP contribution < -0.4 is 0 Å². The molecule has 2 atom stereocenters. The zero-order valence-corrected chi connectivity index (χ0v) is 12.0. The SMILES string of the molecule is CC1CC(N(CC(=O)O)CC2CC2)CC(C)(C)C1. The molecule has 1 N–H and O–H groups in total. The second-order valence-electron chi connectivity index (χ2n) is 7.33. The number of carboxylic acids is 1. The van der Waals surface area contributed by atoms with E-state index in [1.807, 2.05) is 0 Å². The van der Waals surface area contributed by atoms with Gasteiger partial charge in [0.2, 0.25) is 0 Å². The van der Waals surface area contributed by atoms with Gasteiger partial charge in [0.1, 0.15) is 0 Å². The fraction of sp³-hybridized carbons (Fsp3) is 0.933. The van der Waals surface area contributed by atoms with E-state index >= 15 is 0 Å². The van der Waals surface area contributed by atoms with Gasteiger partial charge in [0.15, 0.2) is 0 Å². The Morgan fingerprint density at radius 2 is 2.00 bits per heavy atom. The Balaban J connectivity index is 2.00. The molecule has 0 amide bonds. The summed E-state index contributed by atoms with van der Waals surface area (Å²) in [6.45, 7) is 8.19. The molecule has 2 fully saturated rings. The fourth-order valence-electron chi connectivity index (χ4n) is 3.72. The summed E-state index contributed by atoms with van der Waals surface area (Å²) in [6.07, 6.45) is 6.18. The van der Waals surface area contributed by atoms with Crippen LogP contribution in [-0.4, -0.2) is 35.1 Å². The van der Waals surface area contributed by atoms with Crippen LogP contribution in [-0.2, 0) is 4.79 Å². The van der Waals surface area contributed by atoms with Gasteiger partial charge in [-0.05, 0) is 49.4 Å². The number of hydrogen-bond donors (Lipinski definition) is 1. The van der Waals surface area contributed by atoms with Gasteiger partial charge in [-0.15, -0.1) is 0 Å². The molecule has 0 radical (unpaired) electrons. The van der Waals surface area contributed by atoms with Crippen molar-refractivity contribution in [3.05, 3.63) is 0 Å². The van der Waals surface area contributed by atoms with Crippen LogP contribution in [0, 0.1) is 17.3 Å². The summed E-state index contributed by atoms with van der Waals surface area (Å²) in [5.41, 5.74) is 0.364. The lowest BCUT2D eigenvalue weighted by Crippen LogP contribution is -2.46. The van der Waals surface area contributed by atoms with E-state index in [1.165, 1.54) is 25.7 Å².